The van der Waals surface area contributed by atoms with Gasteiger partial charge in [-0.25, -0.2) is 4.79 Å². The maximum absolute atomic E-state index is 14.1. The molecule has 1 atom stereocenters. The Morgan fingerprint density at radius 1 is 0.885 bits per heavy atom. The number of unbranched alkanes of at least 4 members (excludes halogenated alkanes) is 1. The summed E-state index contributed by atoms with van der Waals surface area (Å²) in [6, 6.07) is 29.8. The highest BCUT2D eigenvalue weighted by Gasteiger charge is 2.26. The summed E-state index contributed by atoms with van der Waals surface area (Å²) >= 11 is 0. The number of benzene rings is 4. The van der Waals surface area contributed by atoms with Gasteiger partial charge in [0.2, 0.25) is 5.82 Å². The smallest absolute Gasteiger partial charge is 0.328 e. The first kappa shape index (κ1) is 35.8. The van der Waals surface area contributed by atoms with E-state index in [1.807, 2.05) is 96.4 Å². The lowest BCUT2D eigenvalue weighted by Gasteiger charge is -2.19. The fourth-order valence-corrected chi connectivity index (χ4v) is 5.81. The third-order valence-electron chi connectivity index (χ3n) is 8.23. The quantitative estimate of drug-likeness (QED) is 0.0565. The number of H-pyrrole nitrogens is 1. The van der Waals surface area contributed by atoms with Gasteiger partial charge in [-0.1, -0.05) is 84.9 Å². The molecule has 0 aliphatic rings. The van der Waals surface area contributed by atoms with Gasteiger partial charge in [0.25, 0.3) is 11.9 Å². The molecular formula is C37H38N8O7. The number of hydrogen-bond donors (Lipinski definition) is 4. The summed E-state index contributed by atoms with van der Waals surface area (Å²) in [7, 11) is 0. The number of rotatable bonds is 17. The summed E-state index contributed by atoms with van der Waals surface area (Å²) < 4.78 is 13.3. The number of carbonyl (C=O) groups excluding carboxylic acids is 2. The Kier molecular flexibility index (Phi) is 11.9. The Morgan fingerprint density at radius 3 is 2.37 bits per heavy atom. The van der Waals surface area contributed by atoms with Crippen molar-refractivity contribution in [2.24, 2.45) is 0 Å². The summed E-state index contributed by atoms with van der Waals surface area (Å²) in [5, 5.41) is 34.4. The second-order valence-electron chi connectivity index (χ2n) is 11.7. The largest absolute Gasteiger partial charge is 0.465 e. The van der Waals surface area contributed by atoms with Crippen LogP contribution in [0.25, 0.3) is 33.5 Å². The van der Waals surface area contributed by atoms with E-state index >= 15 is 0 Å². The summed E-state index contributed by atoms with van der Waals surface area (Å²) in [4.78, 5) is 36.6. The zero-order valence-electron chi connectivity index (χ0n) is 28.4. The van der Waals surface area contributed by atoms with Gasteiger partial charge < -0.3 is 14.8 Å². The van der Waals surface area contributed by atoms with E-state index in [2.05, 4.69) is 30.8 Å². The van der Waals surface area contributed by atoms with Gasteiger partial charge in [0.05, 0.1) is 48.4 Å². The summed E-state index contributed by atoms with van der Waals surface area (Å²) in [6.07, 6.45) is 1.03. The second-order valence-corrected chi connectivity index (χ2v) is 11.7. The minimum Gasteiger partial charge on any atom is -0.465 e. The van der Waals surface area contributed by atoms with Gasteiger partial charge in [-0.15, -0.1) is 10.2 Å². The van der Waals surface area contributed by atoms with Crippen LogP contribution in [0, 0.1) is 0 Å². The van der Waals surface area contributed by atoms with Crippen LogP contribution in [0.4, 0.5) is 0 Å². The van der Waals surface area contributed by atoms with E-state index in [0.29, 0.717) is 54.4 Å². The molecule has 0 saturated heterocycles. The molecule has 0 radical (unpaired) electrons. The molecule has 268 valence electrons. The predicted molar refractivity (Wildman–Crippen MR) is 188 cm³/mol. The Morgan fingerprint density at radius 2 is 1.63 bits per heavy atom. The number of para-hydroxylation sites is 1. The van der Waals surface area contributed by atoms with Crippen molar-refractivity contribution in [1.82, 2.24) is 40.9 Å². The third kappa shape index (κ3) is 8.83. The number of nitrogens with one attached hydrogen (secondary N) is 2. The van der Waals surface area contributed by atoms with Gasteiger partial charge in [-0.2, -0.15) is 10.2 Å². The number of ether oxygens (including phenoxy) is 2. The summed E-state index contributed by atoms with van der Waals surface area (Å²) in [5.74, 6) is -0.568. The fourth-order valence-electron chi connectivity index (χ4n) is 5.81. The van der Waals surface area contributed by atoms with Crippen LogP contribution in [0.1, 0.15) is 41.3 Å². The van der Waals surface area contributed by atoms with Crippen molar-refractivity contribution in [2.45, 2.75) is 38.8 Å². The van der Waals surface area contributed by atoms with Crippen LogP contribution in [0.15, 0.2) is 97.1 Å². The van der Waals surface area contributed by atoms with E-state index in [9.17, 15) is 9.59 Å². The Bertz CT molecular complexity index is 2070. The number of amides is 1. The molecule has 4 aromatic carbocycles. The Balaban J connectivity index is 1.25. The van der Waals surface area contributed by atoms with Crippen LogP contribution < -0.4 is 10.1 Å². The van der Waals surface area contributed by atoms with E-state index in [1.165, 1.54) is 0 Å². The number of nitrogens with zero attached hydrogens (tertiary/aromatic N) is 6. The minimum absolute atomic E-state index is 0.0236. The Hall–Kier alpha value is -6.00. The maximum atomic E-state index is 14.1. The van der Waals surface area contributed by atoms with Crippen molar-refractivity contribution in [3.05, 3.63) is 114 Å². The standard InChI is InChI=1S/C37H38N8O7/c1-2-50-37-39-31-16-10-15-30(35(46)38-32(23-25-11-4-3-5-12-25)36(47)51-21-8-9-22-52-45(48)49)33(31)44(37)24-26-17-19-27(20-18-26)28-13-6-7-14-29(28)34-40-42-43-41-34/h3-7,10-20,32,48-49H,2,8-9,21-24H2,1H3,(H,38,46)(H,40,41,42,43). The van der Waals surface area contributed by atoms with E-state index in [4.69, 9.17) is 24.9 Å². The van der Waals surface area contributed by atoms with Gasteiger partial charge in [0, 0.05) is 12.0 Å². The van der Waals surface area contributed by atoms with E-state index in [0.717, 1.165) is 27.8 Å². The van der Waals surface area contributed by atoms with Crippen molar-refractivity contribution >= 4 is 22.9 Å². The molecule has 4 N–H and O–H groups in total. The SMILES string of the molecule is CCOc1nc2cccc(C(=O)NC(Cc3ccccc3)C(=O)OCCCCON(O)O)c2n1Cc1ccc(-c2ccccc2-c2nn[nH]n2)cc1. The normalized spacial score (nSPS) is 11.8. The highest BCUT2D eigenvalue weighted by atomic mass is 17.1. The van der Waals surface area contributed by atoms with Crippen LogP contribution in [0.3, 0.4) is 0 Å². The molecule has 0 saturated carbocycles. The molecule has 6 aromatic rings. The number of imidazole rings is 1. The zero-order valence-corrected chi connectivity index (χ0v) is 28.4. The molecule has 15 nitrogen and oxygen atoms in total. The van der Waals surface area contributed by atoms with Crippen LogP contribution in [-0.2, 0) is 27.3 Å². The van der Waals surface area contributed by atoms with Crippen molar-refractivity contribution in [1.29, 1.82) is 0 Å². The van der Waals surface area contributed by atoms with Crippen molar-refractivity contribution < 1.29 is 34.3 Å². The van der Waals surface area contributed by atoms with Crippen molar-refractivity contribution in [3.63, 3.8) is 0 Å². The average Bonchev–Trinajstić information content (AvgIpc) is 3.82. The Labute approximate surface area is 298 Å². The van der Waals surface area contributed by atoms with Crippen molar-refractivity contribution in [3.8, 4) is 28.5 Å². The van der Waals surface area contributed by atoms with Gasteiger partial charge >= 0.3 is 5.97 Å². The predicted octanol–water partition coefficient (Wildman–Crippen LogP) is 5.01. The van der Waals surface area contributed by atoms with Gasteiger partial charge in [0.15, 0.2) is 0 Å². The van der Waals surface area contributed by atoms with Gasteiger partial charge in [-0.3, -0.25) is 24.6 Å². The van der Waals surface area contributed by atoms with Crippen molar-refractivity contribution in [2.75, 3.05) is 19.8 Å². The van der Waals surface area contributed by atoms with Crippen LogP contribution in [0.2, 0.25) is 0 Å². The van der Waals surface area contributed by atoms with E-state index in [1.54, 1.807) is 12.1 Å². The number of aromatic nitrogens is 6. The highest BCUT2D eigenvalue weighted by Crippen LogP contribution is 2.31. The lowest BCUT2D eigenvalue weighted by Crippen LogP contribution is -2.43. The monoisotopic (exact) mass is 706 g/mol. The fraction of sp³-hybridized carbons (Fsp3) is 0.243. The zero-order chi connectivity index (χ0) is 36.3. The van der Waals surface area contributed by atoms with E-state index < -0.39 is 17.9 Å². The molecule has 0 bridgehead atoms. The topological polar surface area (TPSA) is 190 Å². The molecule has 2 heterocycles. The number of aromatic amines is 1. The maximum Gasteiger partial charge on any atom is 0.328 e. The number of tetrazole rings is 1. The molecule has 1 unspecified atom stereocenters. The first-order valence-corrected chi connectivity index (χ1v) is 16.8. The van der Waals surface area contributed by atoms with Crippen LogP contribution >= 0.6 is 0 Å². The average molecular weight is 707 g/mol. The number of esters is 1. The third-order valence-corrected chi connectivity index (χ3v) is 8.23. The van der Waals surface area contributed by atoms with Gasteiger partial charge in [-0.05, 0) is 59.4 Å². The molecule has 0 aliphatic heterocycles. The first-order valence-electron chi connectivity index (χ1n) is 16.8. The first-order chi connectivity index (χ1) is 25.4. The molecule has 0 spiro atoms. The minimum atomic E-state index is -0.989. The lowest BCUT2D eigenvalue weighted by molar-refractivity contribution is -0.492. The van der Waals surface area contributed by atoms with Crippen LogP contribution in [0.5, 0.6) is 6.01 Å². The molecule has 0 fully saturated rings. The number of fused-ring (bicyclic) bond motifs is 1. The summed E-state index contributed by atoms with van der Waals surface area (Å²) in [5.41, 5.74) is 6.00. The molecule has 6 rings (SSSR count). The molecule has 1 amide bonds. The molecular weight excluding hydrogens is 668 g/mol. The molecule has 2 aromatic heterocycles. The summed E-state index contributed by atoms with van der Waals surface area (Å²) in [6.45, 7) is 2.67. The number of carbonyl (C=O) groups is 2. The number of hydrogen-bond acceptors (Lipinski definition) is 12. The molecule has 15 heteroatoms. The molecule has 52 heavy (non-hydrogen) atoms. The lowest BCUT2D eigenvalue weighted by atomic mass is 9.98. The van der Waals surface area contributed by atoms with Crippen LogP contribution in [-0.4, -0.2) is 83.7 Å². The molecule has 0 aliphatic carbocycles. The highest BCUT2D eigenvalue weighted by molar-refractivity contribution is 6.06. The van der Waals surface area contributed by atoms with E-state index in [-0.39, 0.29) is 25.0 Å². The van der Waals surface area contributed by atoms with Gasteiger partial charge in [0.1, 0.15) is 6.04 Å². The second kappa shape index (κ2) is 17.3.